The van der Waals surface area contributed by atoms with E-state index in [0.717, 1.165) is 0 Å². The van der Waals surface area contributed by atoms with Gasteiger partial charge in [-0.15, -0.1) is 0 Å². The molecule has 0 spiro atoms. The maximum absolute atomic E-state index is 10.9. The molecule has 0 aromatic rings. The number of nitrogens with zero attached hydrogens (tertiary/aromatic N) is 1. The number of aliphatic hydroxyl groups is 1. The molecule has 1 rings (SSSR count). The molecule has 1 aliphatic carbocycles. The molecule has 5 N–H and O–H groups in total. The second-order valence-corrected chi connectivity index (χ2v) is 3.25. The number of hydrogen-bond acceptors (Lipinski definition) is 5. The minimum absolute atomic E-state index is 0.0355. The Kier molecular flexibility index (Phi) is 2.87. The molecule has 0 aromatic carbocycles. The topological polar surface area (TPSA) is 115 Å². The molecule has 6 heteroatoms. The Morgan fingerprint density at radius 2 is 2.36 bits per heavy atom. The van der Waals surface area contributed by atoms with Gasteiger partial charge in [0.2, 0.25) is 0 Å². The fraction of sp³-hybridized carbons (Fsp3) is 0.500. The lowest BCUT2D eigenvalue weighted by atomic mass is 9.84. The van der Waals surface area contributed by atoms with Crippen LogP contribution in [0.2, 0.25) is 0 Å². The molecule has 0 amide bonds. The van der Waals surface area contributed by atoms with Crippen molar-refractivity contribution in [2.24, 2.45) is 11.5 Å². The number of aliphatic hydroxyl groups excluding tert-OH is 1. The summed E-state index contributed by atoms with van der Waals surface area (Å²) < 4.78 is 0. The Morgan fingerprint density at radius 3 is 2.86 bits per heavy atom. The maximum atomic E-state index is 10.9. The smallest absolute Gasteiger partial charge is 0.263 e. The van der Waals surface area contributed by atoms with Crippen molar-refractivity contribution < 1.29 is 10.0 Å². The SMILES string of the molecule is NC1=CC(CCO)([N+](=O)[O-])C(N)C=C1. The second kappa shape index (κ2) is 3.77. The highest BCUT2D eigenvalue weighted by Gasteiger charge is 2.46. The van der Waals surface area contributed by atoms with E-state index in [-0.39, 0.29) is 13.0 Å². The zero-order valence-electron chi connectivity index (χ0n) is 7.59. The quantitative estimate of drug-likeness (QED) is 0.403. The van der Waals surface area contributed by atoms with Crippen molar-refractivity contribution in [2.45, 2.75) is 18.0 Å². The fourth-order valence-corrected chi connectivity index (χ4v) is 1.50. The van der Waals surface area contributed by atoms with E-state index in [9.17, 15) is 10.1 Å². The molecule has 0 saturated heterocycles. The van der Waals surface area contributed by atoms with E-state index in [0.29, 0.717) is 5.70 Å². The van der Waals surface area contributed by atoms with Crippen LogP contribution >= 0.6 is 0 Å². The lowest BCUT2D eigenvalue weighted by molar-refractivity contribution is -0.558. The predicted molar refractivity (Wildman–Crippen MR) is 50.8 cm³/mol. The van der Waals surface area contributed by atoms with Crippen LogP contribution in [-0.4, -0.2) is 28.2 Å². The summed E-state index contributed by atoms with van der Waals surface area (Å²) in [6.07, 6.45) is 4.28. The van der Waals surface area contributed by atoms with Crippen LogP contribution in [0.1, 0.15) is 6.42 Å². The van der Waals surface area contributed by atoms with Gasteiger partial charge in [0.1, 0.15) is 0 Å². The van der Waals surface area contributed by atoms with Crippen molar-refractivity contribution in [1.29, 1.82) is 0 Å². The third-order valence-electron chi connectivity index (χ3n) is 2.34. The van der Waals surface area contributed by atoms with Gasteiger partial charge in [0, 0.05) is 23.1 Å². The number of nitro groups is 1. The molecular formula is C8H13N3O3. The van der Waals surface area contributed by atoms with E-state index < -0.39 is 16.5 Å². The molecule has 78 valence electrons. The number of nitrogens with two attached hydrogens (primary N) is 2. The summed E-state index contributed by atoms with van der Waals surface area (Å²) in [5.74, 6) is 0. The van der Waals surface area contributed by atoms with Gasteiger partial charge in [-0.3, -0.25) is 10.1 Å². The van der Waals surface area contributed by atoms with E-state index in [2.05, 4.69) is 0 Å². The van der Waals surface area contributed by atoms with Gasteiger partial charge in [-0.1, -0.05) is 6.08 Å². The van der Waals surface area contributed by atoms with E-state index >= 15 is 0 Å². The highest BCUT2D eigenvalue weighted by molar-refractivity contribution is 5.30. The van der Waals surface area contributed by atoms with Gasteiger partial charge >= 0.3 is 0 Å². The van der Waals surface area contributed by atoms with E-state index in [1.54, 1.807) is 0 Å². The van der Waals surface area contributed by atoms with Crippen LogP contribution in [0.3, 0.4) is 0 Å². The molecule has 2 atom stereocenters. The van der Waals surface area contributed by atoms with Crippen LogP contribution in [0.25, 0.3) is 0 Å². The Hall–Kier alpha value is -1.40. The summed E-state index contributed by atoms with van der Waals surface area (Å²) in [6.45, 7) is -0.299. The van der Waals surface area contributed by atoms with Gasteiger partial charge in [0.25, 0.3) is 5.54 Å². The first kappa shape index (κ1) is 10.7. The van der Waals surface area contributed by atoms with E-state index in [1.165, 1.54) is 18.2 Å². The summed E-state index contributed by atoms with van der Waals surface area (Å²) >= 11 is 0. The fourth-order valence-electron chi connectivity index (χ4n) is 1.50. The van der Waals surface area contributed by atoms with Crippen molar-refractivity contribution in [3.8, 4) is 0 Å². The van der Waals surface area contributed by atoms with Crippen LogP contribution < -0.4 is 11.5 Å². The Labute approximate surface area is 81.0 Å². The van der Waals surface area contributed by atoms with Crippen LogP contribution in [0, 0.1) is 10.1 Å². The van der Waals surface area contributed by atoms with Crippen LogP contribution in [0.5, 0.6) is 0 Å². The van der Waals surface area contributed by atoms with Crippen molar-refractivity contribution in [2.75, 3.05) is 6.61 Å². The largest absolute Gasteiger partial charge is 0.399 e. The summed E-state index contributed by atoms with van der Waals surface area (Å²) in [6, 6.07) is -0.753. The number of allylic oxidation sites excluding steroid dienone is 1. The van der Waals surface area contributed by atoms with Crippen molar-refractivity contribution in [3.63, 3.8) is 0 Å². The third-order valence-corrected chi connectivity index (χ3v) is 2.34. The molecule has 0 bridgehead atoms. The van der Waals surface area contributed by atoms with Crippen LogP contribution in [0.15, 0.2) is 23.9 Å². The molecular weight excluding hydrogens is 186 g/mol. The highest BCUT2D eigenvalue weighted by Crippen LogP contribution is 2.25. The van der Waals surface area contributed by atoms with E-state index in [1.807, 2.05) is 0 Å². The molecule has 2 unspecified atom stereocenters. The Bertz CT molecular complexity index is 300. The van der Waals surface area contributed by atoms with Gasteiger partial charge in [0.15, 0.2) is 0 Å². The van der Waals surface area contributed by atoms with E-state index in [4.69, 9.17) is 16.6 Å². The summed E-state index contributed by atoms with van der Waals surface area (Å²) in [4.78, 5) is 10.4. The average Bonchev–Trinajstić information content (AvgIpc) is 2.11. The number of hydrogen-bond donors (Lipinski definition) is 3. The van der Waals surface area contributed by atoms with Crippen molar-refractivity contribution in [1.82, 2.24) is 0 Å². The molecule has 0 heterocycles. The second-order valence-electron chi connectivity index (χ2n) is 3.25. The van der Waals surface area contributed by atoms with Gasteiger partial charge in [-0.25, -0.2) is 0 Å². The van der Waals surface area contributed by atoms with Gasteiger partial charge in [-0.05, 0) is 6.08 Å². The molecule has 0 saturated carbocycles. The van der Waals surface area contributed by atoms with Crippen LogP contribution in [0.4, 0.5) is 0 Å². The normalized spacial score (nSPS) is 31.3. The monoisotopic (exact) mass is 199 g/mol. The molecule has 6 nitrogen and oxygen atoms in total. The first-order valence-electron chi connectivity index (χ1n) is 4.20. The first-order chi connectivity index (χ1) is 6.53. The maximum Gasteiger partial charge on any atom is 0.263 e. The zero-order valence-corrected chi connectivity index (χ0v) is 7.59. The molecule has 0 aliphatic heterocycles. The summed E-state index contributed by atoms with van der Waals surface area (Å²) in [5.41, 5.74) is 9.93. The molecule has 1 aliphatic rings. The highest BCUT2D eigenvalue weighted by atomic mass is 16.6. The van der Waals surface area contributed by atoms with Crippen molar-refractivity contribution in [3.05, 3.63) is 34.0 Å². The number of rotatable bonds is 3. The Balaban J connectivity index is 3.08. The van der Waals surface area contributed by atoms with Gasteiger partial charge in [0.05, 0.1) is 12.6 Å². The van der Waals surface area contributed by atoms with Crippen LogP contribution in [-0.2, 0) is 0 Å². The van der Waals surface area contributed by atoms with Gasteiger partial charge in [-0.2, -0.15) is 0 Å². The summed E-state index contributed by atoms with van der Waals surface area (Å²) in [7, 11) is 0. The minimum Gasteiger partial charge on any atom is -0.399 e. The third kappa shape index (κ3) is 1.61. The lowest BCUT2D eigenvalue weighted by Gasteiger charge is -2.28. The predicted octanol–water partition coefficient (Wildman–Crippen LogP) is -0.876. The molecule has 0 fully saturated rings. The standard InChI is InChI=1S/C8H13N3O3/c9-6-1-2-7(10)8(5-6,3-4-12)11(13)14/h1-2,5,7,12H,3-4,9-10H2. The lowest BCUT2D eigenvalue weighted by Crippen LogP contribution is -2.53. The summed E-state index contributed by atoms with van der Waals surface area (Å²) in [5, 5.41) is 19.7. The average molecular weight is 199 g/mol. The molecule has 0 aromatic heterocycles. The first-order valence-corrected chi connectivity index (χ1v) is 4.20. The molecule has 14 heavy (non-hydrogen) atoms. The van der Waals surface area contributed by atoms with Crippen molar-refractivity contribution >= 4 is 0 Å². The Morgan fingerprint density at radius 1 is 1.71 bits per heavy atom. The minimum atomic E-state index is -1.46. The zero-order chi connectivity index (χ0) is 10.8. The van der Waals surface area contributed by atoms with Gasteiger partial charge < -0.3 is 16.6 Å². The molecule has 0 radical (unpaired) electrons.